The molecule has 2 heterocycles. The van der Waals surface area contributed by atoms with Gasteiger partial charge in [0.05, 0.1) is 6.20 Å². The Morgan fingerprint density at radius 1 is 1.00 bits per heavy atom. The van der Waals surface area contributed by atoms with Crippen LogP contribution < -0.4 is 0 Å². The summed E-state index contributed by atoms with van der Waals surface area (Å²) in [7, 11) is 0. The Bertz CT molecular complexity index is 627. The first-order chi connectivity index (χ1) is 7.83. The SMILES string of the molecule is Cc1cc2cc(-c3cn[nH]c3)ccc2cn1. The van der Waals surface area contributed by atoms with Crippen LogP contribution in [0.4, 0.5) is 0 Å². The second kappa shape index (κ2) is 3.45. The lowest BCUT2D eigenvalue weighted by molar-refractivity contribution is 1.09. The van der Waals surface area contributed by atoms with Crippen molar-refractivity contribution < 1.29 is 0 Å². The molecule has 0 radical (unpaired) electrons. The number of hydrogen-bond acceptors (Lipinski definition) is 2. The van der Waals surface area contributed by atoms with Crippen molar-refractivity contribution in [2.45, 2.75) is 6.92 Å². The second-order valence-electron chi connectivity index (χ2n) is 3.87. The lowest BCUT2D eigenvalue weighted by atomic mass is 10.0. The number of hydrogen-bond donors (Lipinski definition) is 1. The number of aryl methyl sites for hydroxylation is 1. The van der Waals surface area contributed by atoms with E-state index in [1.807, 2.05) is 25.5 Å². The zero-order valence-electron chi connectivity index (χ0n) is 8.94. The average molecular weight is 209 g/mol. The molecule has 3 aromatic rings. The third-order valence-electron chi connectivity index (χ3n) is 2.69. The molecular weight excluding hydrogens is 198 g/mol. The van der Waals surface area contributed by atoms with E-state index in [4.69, 9.17) is 0 Å². The van der Waals surface area contributed by atoms with Crippen molar-refractivity contribution in [2.24, 2.45) is 0 Å². The van der Waals surface area contributed by atoms with Gasteiger partial charge >= 0.3 is 0 Å². The topological polar surface area (TPSA) is 41.6 Å². The van der Waals surface area contributed by atoms with E-state index < -0.39 is 0 Å². The highest BCUT2D eigenvalue weighted by Crippen LogP contribution is 2.23. The summed E-state index contributed by atoms with van der Waals surface area (Å²) < 4.78 is 0. The number of fused-ring (bicyclic) bond motifs is 1. The minimum atomic E-state index is 1.04. The van der Waals surface area contributed by atoms with Crippen LogP contribution in [0.1, 0.15) is 5.69 Å². The van der Waals surface area contributed by atoms with Crippen molar-refractivity contribution in [1.82, 2.24) is 15.2 Å². The molecule has 0 spiro atoms. The van der Waals surface area contributed by atoms with E-state index >= 15 is 0 Å². The van der Waals surface area contributed by atoms with E-state index in [0.717, 1.165) is 16.6 Å². The first kappa shape index (κ1) is 9.09. The molecule has 3 nitrogen and oxygen atoms in total. The van der Waals surface area contributed by atoms with Gasteiger partial charge in [-0.25, -0.2) is 0 Å². The van der Waals surface area contributed by atoms with Gasteiger partial charge in [-0.1, -0.05) is 12.1 Å². The van der Waals surface area contributed by atoms with Crippen LogP contribution in [0.15, 0.2) is 42.9 Å². The van der Waals surface area contributed by atoms with Crippen LogP contribution in [-0.2, 0) is 0 Å². The van der Waals surface area contributed by atoms with E-state index in [-0.39, 0.29) is 0 Å². The van der Waals surface area contributed by atoms with Gasteiger partial charge in [0.2, 0.25) is 0 Å². The summed E-state index contributed by atoms with van der Waals surface area (Å²) in [6, 6.07) is 8.43. The molecule has 0 aliphatic rings. The van der Waals surface area contributed by atoms with E-state index in [1.165, 1.54) is 10.9 Å². The minimum absolute atomic E-state index is 1.04. The quantitative estimate of drug-likeness (QED) is 0.669. The molecule has 0 atom stereocenters. The number of nitrogens with zero attached hydrogens (tertiary/aromatic N) is 2. The van der Waals surface area contributed by atoms with Gasteiger partial charge in [0.25, 0.3) is 0 Å². The van der Waals surface area contributed by atoms with Gasteiger partial charge in [-0.05, 0) is 30.0 Å². The van der Waals surface area contributed by atoms with Crippen molar-refractivity contribution >= 4 is 10.8 Å². The van der Waals surface area contributed by atoms with Gasteiger partial charge in [0.15, 0.2) is 0 Å². The molecule has 0 aliphatic heterocycles. The summed E-state index contributed by atoms with van der Waals surface area (Å²) in [4.78, 5) is 4.28. The molecule has 1 aromatic carbocycles. The van der Waals surface area contributed by atoms with Crippen LogP contribution in [0.25, 0.3) is 21.9 Å². The van der Waals surface area contributed by atoms with E-state index in [9.17, 15) is 0 Å². The third-order valence-corrected chi connectivity index (χ3v) is 2.69. The highest BCUT2D eigenvalue weighted by molar-refractivity contribution is 5.86. The number of aromatic nitrogens is 3. The summed E-state index contributed by atoms with van der Waals surface area (Å²) in [5.41, 5.74) is 3.32. The molecule has 0 saturated heterocycles. The van der Waals surface area contributed by atoms with Crippen LogP contribution in [0.2, 0.25) is 0 Å². The summed E-state index contributed by atoms with van der Waals surface area (Å²) in [6.45, 7) is 2.00. The molecule has 1 N–H and O–H groups in total. The fraction of sp³-hybridized carbons (Fsp3) is 0.0769. The zero-order chi connectivity index (χ0) is 11.0. The maximum atomic E-state index is 4.28. The molecule has 0 fully saturated rings. The van der Waals surface area contributed by atoms with E-state index in [2.05, 4.69) is 39.4 Å². The van der Waals surface area contributed by atoms with Gasteiger partial charge in [0.1, 0.15) is 0 Å². The summed E-state index contributed by atoms with van der Waals surface area (Å²) in [5, 5.41) is 9.16. The van der Waals surface area contributed by atoms with Crippen molar-refractivity contribution in [1.29, 1.82) is 0 Å². The zero-order valence-corrected chi connectivity index (χ0v) is 8.94. The van der Waals surface area contributed by atoms with Gasteiger partial charge < -0.3 is 0 Å². The molecule has 0 amide bonds. The van der Waals surface area contributed by atoms with Crippen LogP contribution in [-0.4, -0.2) is 15.2 Å². The van der Waals surface area contributed by atoms with Crippen LogP contribution >= 0.6 is 0 Å². The van der Waals surface area contributed by atoms with Crippen molar-refractivity contribution in [3.05, 3.63) is 48.5 Å². The highest BCUT2D eigenvalue weighted by Gasteiger charge is 2.01. The first-order valence-electron chi connectivity index (χ1n) is 5.18. The van der Waals surface area contributed by atoms with Crippen molar-refractivity contribution in [2.75, 3.05) is 0 Å². The predicted molar refractivity (Wildman–Crippen MR) is 64.1 cm³/mol. The lowest BCUT2D eigenvalue weighted by Gasteiger charge is -2.02. The van der Waals surface area contributed by atoms with Crippen molar-refractivity contribution in [3.63, 3.8) is 0 Å². The summed E-state index contributed by atoms with van der Waals surface area (Å²) in [6.07, 6.45) is 5.63. The van der Waals surface area contributed by atoms with Crippen molar-refractivity contribution in [3.8, 4) is 11.1 Å². The van der Waals surface area contributed by atoms with Gasteiger partial charge in [-0.3, -0.25) is 10.1 Å². The molecule has 0 bridgehead atoms. The van der Waals surface area contributed by atoms with E-state index in [1.54, 1.807) is 0 Å². The molecule has 3 heteroatoms. The van der Waals surface area contributed by atoms with Gasteiger partial charge in [0, 0.05) is 29.0 Å². The smallest absolute Gasteiger partial charge is 0.0565 e. The van der Waals surface area contributed by atoms with Crippen LogP contribution in [0.3, 0.4) is 0 Å². The fourth-order valence-electron chi connectivity index (χ4n) is 1.84. The Kier molecular flexibility index (Phi) is 1.96. The molecule has 16 heavy (non-hydrogen) atoms. The van der Waals surface area contributed by atoms with Crippen LogP contribution in [0.5, 0.6) is 0 Å². The Morgan fingerprint density at radius 3 is 2.75 bits per heavy atom. The second-order valence-corrected chi connectivity index (χ2v) is 3.87. The van der Waals surface area contributed by atoms with E-state index in [0.29, 0.717) is 0 Å². The summed E-state index contributed by atoms with van der Waals surface area (Å²) in [5.74, 6) is 0. The molecule has 3 rings (SSSR count). The van der Waals surface area contributed by atoms with Crippen LogP contribution in [0, 0.1) is 6.92 Å². The molecule has 0 aliphatic carbocycles. The molecular formula is C13H11N3. The highest BCUT2D eigenvalue weighted by atomic mass is 15.1. The maximum Gasteiger partial charge on any atom is 0.0565 e. The Morgan fingerprint density at radius 2 is 1.94 bits per heavy atom. The Balaban J connectivity index is 2.22. The molecule has 0 unspecified atom stereocenters. The number of benzene rings is 1. The third kappa shape index (κ3) is 1.46. The Hall–Kier alpha value is -2.16. The van der Waals surface area contributed by atoms with Gasteiger partial charge in [-0.2, -0.15) is 5.10 Å². The lowest BCUT2D eigenvalue weighted by Crippen LogP contribution is -1.82. The Labute approximate surface area is 93.2 Å². The number of nitrogens with one attached hydrogen (secondary N) is 1. The average Bonchev–Trinajstić information content (AvgIpc) is 2.81. The molecule has 2 aromatic heterocycles. The largest absolute Gasteiger partial charge is 0.285 e. The fourth-order valence-corrected chi connectivity index (χ4v) is 1.84. The number of H-pyrrole nitrogens is 1. The molecule has 0 saturated carbocycles. The number of rotatable bonds is 1. The maximum absolute atomic E-state index is 4.28. The number of pyridine rings is 1. The number of aromatic amines is 1. The van der Waals surface area contributed by atoms with Gasteiger partial charge in [-0.15, -0.1) is 0 Å². The summed E-state index contributed by atoms with van der Waals surface area (Å²) >= 11 is 0. The monoisotopic (exact) mass is 209 g/mol. The standard InChI is InChI=1S/C13H11N3/c1-9-4-12-5-10(13-7-15-16-8-13)2-3-11(12)6-14-9/h2-8H,1H3,(H,15,16). The molecule has 78 valence electrons. The minimum Gasteiger partial charge on any atom is -0.285 e. The predicted octanol–water partition coefficient (Wildman–Crippen LogP) is 2.93. The first-order valence-corrected chi connectivity index (χ1v) is 5.18. The normalized spacial score (nSPS) is 10.8.